The Morgan fingerprint density at radius 3 is 2.48 bits per heavy atom. The fourth-order valence-electron chi connectivity index (χ4n) is 2.05. The minimum Gasteiger partial charge on any atom is -0.493 e. The average Bonchev–Trinajstić information content (AvgIpc) is 2.97. The van der Waals surface area contributed by atoms with Gasteiger partial charge in [0.25, 0.3) is 0 Å². The van der Waals surface area contributed by atoms with Crippen LogP contribution < -0.4 is 9.47 Å². The van der Waals surface area contributed by atoms with E-state index >= 15 is 0 Å². The standard InChI is InChI=1S/C15H18N2O4/c1-5-10-13(15(18)21-4)17-14(16-10)9-6-7-11(19-2)12(8-9)20-3/h6-8H,5H2,1-4H3,(H,16,17). The zero-order valence-corrected chi connectivity index (χ0v) is 12.5. The molecule has 0 atom stereocenters. The number of aromatic amines is 1. The summed E-state index contributed by atoms with van der Waals surface area (Å²) in [6.07, 6.45) is 0.657. The van der Waals surface area contributed by atoms with Crippen LogP contribution in [0.2, 0.25) is 0 Å². The van der Waals surface area contributed by atoms with Crippen LogP contribution in [0.1, 0.15) is 23.1 Å². The van der Waals surface area contributed by atoms with Crippen molar-refractivity contribution in [2.45, 2.75) is 13.3 Å². The molecule has 0 aliphatic rings. The Bertz CT molecular complexity index is 649. The number of aryl methyl sites for hydroxylation is 1. The highest BCUT2D eigenvalue weighted by Gasteiger charge is 2.18. The van der Waals surface area contributed by atoms with Gasteiger partial charge in [-0.1, -0.05) is 6.92 Å². The summed E-state index contributed by atoms with van der Waals surface area (Å²) in [7, 11) is 4.49. The minimum atomic E-state index is -0.449. The van der Waals surface area contributed by atoms with Crippen LogP contribution >= 0.6 is 0 Å². The third-order valence-electron chi connectivity index (χ3n) is 3.17. The molecule has 0 bridgehead atoms. The van der Waals surface area contributed by atoms with Crippen molar-refractivity contribution in [1.82, 2.24) is 9.97 Å². The maximum atomic E-state index is 11.7. The predicted molar refractivity (Wildman–Crippen MR) is 77.8 cm³/mol. The van der Waals surface area contributed by atoms with Gasteiger partial charge in [-0.2, -0.15) is 0 Å². The first-order chi connectivity index (χ1) is 10.1. The van der Waals surface area contributed by atoms with Crippen molar-refractivity contribution < 1.29 is 19.0 Å². The Kier molecular flexibility index (Phi) is 4.47. The van der Waals surface area contributed by atoms with E-state index in [1.807, 2.05) is 13.0 Å². The number of hydrogen-bond acceptors (Lipinski definition) is 5. The molecule has 0 aliphatic heterocycles. The van der Waals surface area contributed by atoms with Crippen LogP contribution in [0.3, 0.4) is 0 Å². The molecule has 1 aromatic carbocycles. The van der Waals surface area contributed by atoms with E-state index in [2.05, 4.69) is 9.97 Å². The molecule has 112 valence electrons. The highest BCUT2D eigenvalue weighted by Crippen LogP contribution is 2.31. The van der Waals surface area contributed by atoms with Gasteiger partial charge < -0.3 is 19.2 Å². The van der Waals surface area contributed by atoms with E-state index in [9.17, 15) is 4.79 Å². The van der Waals surface area contributed by atoms with Crippen molar-refractivity contribution in [2.24, 2.45) is 0 Å². The summed E-state index contributed by atoms with van der Waals surface area (Å²) in [4.78, 5) is 19.2. The molecule has 0 saturated heterocycles. The molecule has 1 heterocycles. The van der Waals surface area contributed by atoms with Crippen LogP contribution in [0.25, 0.3) is 11.4 Å². The van der Waals surface area contributed by atoms with Crippen LogP contribution in [-0.4, -0.2) is 37.3 Å². The predicted octanol–water partition coefficient (Wildman–Crippen LogP) is 2.44. The topological polar surface area (TPSA) is 73.4 Å². The second kappa shape index (κ2) is 6.30. The summed E-state index contributed by atoms with van der Waals surface area (Å²) in [5.74, 6) is 1.38. The zero-order valence-electron chi connectivity index (χ0n) is 12.5. The van der Waals surface area contributed by atoms with E-state index < -0.39 is 5.97 Å². The number of nitrogens with zero attached hydrogens (tertiary/aromatic N) is 1. The molecule has 1 aromatic heterocycles. The van der Waals surface area contributed by atoms with Gasteiger partial charge in [0.1, 0.15) is 5.82 Å². The van der Waals surface area contributed by atoms with Crippen molar-refractivity contribution in [2.75, 3.05) is 21.3 Å². The van der Waals surface area contributed by atoms with Crippen LogP contribution in [0.5, 0.6) is 11.5 Å². The number of aromatic nitrogens is 2. The fourth-order valence-corrected chi connectivity index (χ4v) is 2.05. The molecule has 0 aliphatic carbocycles. The second-order valence-corrected chi connectivity index (χ2v) is 4.33. The lowest BCUT2D eigenvalue weighted by Gasteiger charge is -2.08. The van der Waals surface area contributed by atoms with Gasteiger partial charge in [0.2, 0.25) is 0 Å². The Morgan fingerprint density at radius 2 is 1.90 bits per heavy atom. The lowest BCUT2D eigenvalue weighted by Crippen LogP contribution is -2.04. The highest BCUT2D eigenvalue weighted by molar-refractivity contribution is 5.89. The van der Waals surface area contributed by atoms with Gasteiger partial charge in [0.15, 0.2) is 17.2 Å². The van der Waals surface area contributed by atoms with E-state index in [4.69, 9.17) is 14.2 Å². The highest BCUT2D eigenvalue weighted by atomic mass is 16.5. The van der Waals surface area contributed by atoms with E-state index in [1.54, 1.807) is 26.4 Å². The van der Waals surface area contributed by atoms with Crippen LogP contribution in [-0.2, 0) is 11.2 Å². The van der Waals surface area contributed by atoms with Crippen molar-refractivity contribution in [3.05, 3.63) is 29.6 Å². The molecule has 6 heteroatoms. The van der Waals surface area contributed by atoms with Crippen LogP contribution in [0, 0.1) is 0 Å². The number of carbonyl (C=O) groups excluding carboxylic acids is 1. The lowest BCUT2D eigenvalue weighted by atomic mass is 10.2. The smallest absolute Gasteiger partial charge is 0.358 e. The van der Waals surface area contributed by atoms with Gasteiger partial charge in [-0.15, -0.1) is 0 Å². The average molecular weight is 290 g/mol. The van der Waals surface area contributed by atoms with Gasteiger partial charge in [0.05, 0.1) is 21.3 Å². The van der Waals surface area contributed by atoms with Crippen LogP contribution in [0.4, 0.5) is 0 Å². The molecule has 2 rings (SSSR count). The number of H-pyrrole nitrogens is 1. The fraction of sp³-hybridized carbons (Fsp3) is 0.333. The first-order valence-electron chi connectivity index (χ1n) is 6.54. The number of ether oxygens (including phenoxy) is 3. The van der Waals surface area contributed by atoms with Crippen molar-refractivity contribution in [3.8, 4) is 22.9 Å². The molecule has 0 amide bonds. The molecule has 0 radical (unpaired) electrons. The number of methoxy groups -OCH3 is 3. The molecule has 0 spiro atoms. The number of carbonyl (C=O) groups is 1. The lowest BCUT2D eigenvalue weighted by molar-refractivity contribution is 0.0593. The molecule has 21 heavy (non-hydrogen) atoms. The molecule has 0 saturated carbocycles. The Morgan fingerprint density at radius 1 is 1.19 bits per heavy atom. The monoisotopic (exact) mass is 290 g/mol. The van der Waals surface area contributed by atoms with Gasteiger partial charge in [0, 0.05) is 11.3 Å². The second-order valence-electron chi connectivity index (χ2n) is 4.33. The zero-order chi connectivity index (χ0) is 15.4. The minimum absolute atomic E-state index is 0.310. The van der Waals surface area contributed by atoms with E-state index in [1.165, 1.54) is 7.11 Å². The Labute approximate surface area is 123 Å². The van der Waals surface area contributed by atoms with Crippen molar-refractivity contribution >= 4 is 5.97 Å². The third-order valence-corrected chi connectivity index (χ3v) is 3.17. The molecule has 0 unspecified atom stereocenters. The van der Waals surface area contributed by atoms with Gasteiger partial charge in [-0.25, -0.2) is 9.78 Å². The number of imidazole rings is 1. The normalized spacial score (nSPS) is 10.3. The molecular weight excluding hydrogens is 272 g/mol. The summed E-state index contributed by atoms with van der Waals surface area (Å²) in [6.45, 7) is 1.94. The first-order valence-corrected chi connectivity index (χ1v) is 6.54. The molecule has 0 fully saturated rings. The van der Waals surface area contributed by atoms with Gasteiger partial charge in [-0.3, -0.25) is 0 Å². The van der Waals surface area contributed by atoms with Gasteiger partial charge >= 0.3 is 5.97 Å². The number of rotatable bonds is 5. The summed E-state index contributed by atoms with van der Waals surface area (Å²) in [5, 5.41) is 0. The summed E-state index contributed by atoms with van der Waals surface area (Å²) in [5.41, 5.74) is 1.86. The van der Waals surface area contributed by atoms with E-state index in [-0.39, 0.29) is 0 Å². The summed E-state index contributed by atoms with van der Waals surface area (Å²) in [6, 6.07) is 5.44. The molecular formula is C15H18N2O4. The SMILES string of the molecule is CCc1[nH]c(-c2ccc(OC)c(OC)c2)nc1C(=O)OC. The van der Waals surface area contributed by atoms with E-state index in [0.29, 0.717) is 29.4 Å². The number of nitrogens with one attached hydrogen (secondary N) is 1. The first kappa shape index (κ1) is 14.9. The number of benzene rings is 1. The number of hydrogen-bond donors (Lipinski definition) is 1. The van der Waals surface area contributed by atoms with Crippen LogP contribution in [0.15, 0.2) is 18.2 Å². The Hall–Kier alpha value is -2.50. The Balaban J connectivity index is 2.47. The summed E-state index contributed by atoms with van der Waals surface area (Å²) < 4.78 is 15.2. The largest absolute Gasteiger partial charge is 0.493 e. The van der Waals surface area contributed by atoms with Crippen molar-refractivity contribution in [3.63, 3.8) is 0 Å². The molecule has 2 aromatic rings. The van der Waals surface area contributed by atoms with E-state index in [0.717, 1.165) is 11.3 Å². The molecule has 6 nitrogen and oxygen atoms in total. The molecule has 1 N–H and O–H groups in total. The third kappa shape index (κ3) is 2.84. The van der Waals surface area contributed by atoms with Crippen molar-refractivity contribution in [1.29, 1.82) is 0 Å². The maximum absolute atomic E-state index is 11.7. The quantitative estimate of drug-likeness (QED) is 0.856. The maximum Gasteiger partial charge on any atom is 0.358 e. The number of esters is 1. The van der Waals surface area contributed by atoms with Gasteiger partial charge in [-0.05, 0) is 24.6 Å². The summed E-state index contributed by atoms with van der Waals surface area (Å²) >= 11 is 0.